The fourth-order valence-corrected chi connectivity index (χ4v) is 3.91. The van der Waals surface area contributed by atoms with E-state index in [0.717, 1.165) is 29.8 Å². The predicted octanol–water partition coefficient (Wildman–Crippen LogP) is 2.66. The summed E-state index contributed by atoms with van der Waals surface area (Å²) in [6, 6.07) is 0.447. The third-order valence-corrected chi connectivity index (χ3v) is 5.57. The second-order valence-electron chi connectivity index (χ2n) is 7.38. The molecule has 3 atom stereocenters. The number of aromatic nitrogens is 2. The maximum Gasteiger partial charge on any atom is 0.490 e. The maximum atomic E-state index is 10.6. The molecule has 2 aliphatic heterocycles. The average molecular weight is 510 g/mol. The van der Waals surface area contributed by atoms with Crippen LogP contribution in [0.4, 0.5) is 31.5 Å². The van der Waals surface area contributed by atoms with Gasteiger partial charge in [0.05, 0.1) is 12.1 Å². The number of hydrogen-bond acceptors (Lipinski definition) is 8. The minimum atomic E-state index is -5.08. The Hall–Kier alpha value is -2.20. The summed E-state index contributed by atoms with van der Waals surface area (Å²) >= 11 is 1.69. The van der Waals surface area contributed by atoms with Crippen LogP contribution < -0.4 is 4.90 Å². The van der Waals surface area contributed by atoms with Crippen LogP contribution in [0.5, 0.6) is 0 Å². The van der Waals surface area contributed by atoms with E-state index in [9.17, 15) is 26.3 Å². The summed E-state index contributed by atoms with van der Waals surface area (Å²) in [5, 5.41) is 24.8. The Morgan fingerprint density at radius 2 is 1.58 bits per heavy atom. The van der Waals surface area contributed by atoms with Gasteiger partial charge in [0.15, 0.2) is 0 Å². The molecular weight excluding hydrogens is 486 g/mol. The van der Waals surface area contributed by atoms with E-state index in [1.807, 2.05) is 6.92 Å². The summed E-state index contributed by atoms with van der Waals surface area (Å²) in [7, 11) is 4.29. The maximum absolute atomic E-state index is 10.6. The van der Waals surface area contributed by atoms with Gasteiger partial charge in [-0.05, 0) is 33.9 Å². The Morgan fingerprint density at radius 3 is 1.97 bits per heavy atom. The number of piperidine rings is 1. The first kappa shape index (κ1) is 28.8. The fraction of sp³-hybridized carbons (Fsp3) is 0.765. The van der Waals surface area contributed by atoms with Crippen molar-refractivity contribution in [3.05, 3.63) is 5.01 Å². The van der Waals surface area contributed by atoms with Crippen molar-refractivity contribution in [2.24, 2.45) is 5.92 Å². The predicted molar refractivity (Wildman–Crippen MR) is 104 cm³/mol. The molecule has 0 amide bonds. The van der Waals surface area contributed by atoms with Crippen LogP contribution in [-0.2, 0) is 14.3 Å². The highest BCUT2D eigenvalue weighted by Gasteiger charge is 2.41. The number of likely N-dealkylation sites (N-methyl/N-ethyl adjacent to an activating group) is 1. The summed E-state index contributed by atoms with van der Waals surface area (Å²) < 4.78 is 69.5. The average Bonchev–Trinajstić information content (AvgIpc) is 3.13. The van der Waals surface area contributed by atoms with Crippen LogP contribution in [0.1, 0.15) is 17.8 Å². The fourth-order valence-electron chi connectivity index (χ4n) is 3.20. The summed E-state index contributed by atoms with van der Waals surface area (Å²) in [5.41, 5.74) is 0. The van der Waals surface area contributed by atoms with Crippen LogP contribution in [0, 0.1) is 12.8 Å². The van der Waals surface area contributed by atoms with Crippen LogP contribution >= 0.6 is 11.3 Å². The van der Waals surface area contributed by atoms with E-state index < -0.39 is 24.3 Å². The summed E-state index contributed by atoms with van der Waals surface area (Å²) in [4.78, 5) is 22.5. The number of alkyl halides is 6. The van der Waals surface area contributed by atoms with Crippen molar-refractivity contribution in [2.75, 3.05) is 38.7 Å². The lowest BCUT2D eigenvalue weighted by atomic mass is 9.85. The normalized spacial score (nSPS) is 23.0. The van der Waals surface area contributed by atoms with Crippen molar-refractivity contribution < 1.29 is 50.9 Å². The van der Waals surface area contributed by atoms with E-state index in [1.54, 1.807) is 11.3 Å². The largest absolute Gasteiger partial charge is 0.490 e. The lowest BCUT2D eigenvalue weighted by Crippen LogP contribution is -2.59. The number of aliphatic carboxylic acids is 2. The Bertz CT molecular complexity index is 765. The molecule has 0 aliphatic carbocycles. The third-order valence-electron chi connectivity index (χ3n) is 4.67. The monoisotopic (exact) mass is 510 g/mol. The highest BCUT2D eigenvalue weighted by molar-refractivity contribution is 7.15. The van der Waals surface area contributed by atoms with Gasteiger partial charge in [-0.25, -0.2) is 9.59 Å². The van der Waals surface area contributed by atoms with E-state index in [-0.39, 0.29) is 0 Å². The van der Waals surface area contributed by atoms with Crippen molar-refractivity contribution in [3.63, 3.8) is 0 Å². The third kappa shape index (κ3) is 9.29. The zero-order valence-corrected chi connectivity index (χ0v) is 18.7. The molecule has 0 saturated carbocycles. The van der Waals surface area contributed by atoms with Gasteiger partial charge in [-0.15, -0.1) is 10.2 Å². The number of fused-ring (bicyclic) bond motifs is 1. The van der Waals surface area contributed by atoms with Gasteiger partial charge < -0.3 is 24.7 Å². The number of nitrogens with zero attached hydrogens (tertiary/aromatic N) is 4. The van der Waals surface area contributed by atoms with Gasteiger partial charge in [0.25, 0.3) is 0 Å². The molecule has 2 aliphatic rings. The number of carbonyl (C=O) groups is 2. The Morgan fingerprint density at radius 1 is 1.06 bits per heavy atom. The van der Waals surface area contributed by atoms with E-state index in [4.69, 9.17) is 24.5 Å². The van der Waals surface area contributed by atoms with E-state index >= 15 is 0 Å². The molecule has 2 N–H and O–H groups in total. The van der Waals surface area contributed by atoms with Crippen LogP contribution in [0.25, 0.3) is 0 Å². The number of rotatable bonds is 2. The zero-order chi connectivity index (χ0) is 25.6. The van der Waals surface area contributed by atoms with Crippen molar-refractivity contribution in [2.45, 2.75) is 44.3 Å². The van der Waals surface area contributed by atoms with Gasteiger partial charge >= 0.3 is 24.3 Å². The number of carboxylic acids is 2. The van der Waals surface area contributed by atoms with Gasteiger partial charge in [0.2, 0.25) is 5.13 Å². The van der Waals surface area contributed by atoms with Gasteiger partial charge in [0, 0.05) is 25.6 Å². The number of halogens is 6. The smallest absolute Gasteiger partial charge is 0.475 e. The molecule has 33 heavy (non-hydrogen) atoms. The molecule has 3 heterocycles. The minimum Gasteiger partial charge on any atom is -0.475 e. The molecule has 0 unspecified atom stereocenters. The number of hydrogen-bond donors (Lipinski definition) is 2. The lowest BCUT2D eigenvalue weighted by molar-refractivity contribution is -0.193. The molecule has 9 nitrogen and oxygen atoms in total. The number of ether oxygens (including phenoxy) is 1. The molecule has 0 radical (unpaired) electrons. The number of carboxylic acid groups (broad SMARTS) is 2. The summed E-state index contributed by atoms with van der Waals surface area (Å²) in [5.74, 6) is -4.89. The molecule has 3 rings (SSSR count). The first-order valence-electron chi connectivity index (χ1n) is 9.47. The molecule has 2 saturated heterocycles. The van der Waals surface area contributed by atoms with Crippen molar-refractivity contribution in [1.82, 2.24) is 15.1 Å². The molecule has 0 spiro atoms. The number of anilines is 1. The van der Waals surface area contributed by atoms with Crippen molar-refractivity contribution in [1.29, 1.82) is 0 Å². The van der Waals surface area contributed by atoms with Crippen LogP contribution in [-0.4, -0.2) is 95.5 Å². The second kappa shape index (κ2) is 11.8. The van der Waals surface area contributed by atoms with Crippen molar-refractivity contribution >= 4 is 28.4 Å². The molecular formula is C17H24F6N4O5S. The highest BCUT2D eigenvalue weighted by atomic mass is 32.1. The van der Waals surface area contributed by atoms with E-state index in [2.05, 4.69) is 34.1 Å². The second-order valence-corrected chi connectivity index (χ2v) is 8.54. The van der Waals surface area contributed by atoms with Crippen molar-refractivity contribution in [3.8, 4) is 0 Å². The number of aryl methyl sites for hydroxylation is 1. The molecule has 2 fully saturated rings. The Labute approximate surface area is 188 Å². The highest BCUT2D eigenvalue weighted by Crippen LogP contribution is 2.33. The molecule has 0 aromatic carbocycles. The molecule has 1 aromatic heterocycles. The van der Waals surface area contributed by atoms with Gasteiger partial charge in [0.1, 0.15) is 5.01 Å². The molecule has 1 aromatic rings. The molecule has 190 valence electrons. The topological polar surface area (TPSA) is 116 Å². The summed E-state index contributed by atoms with van der Waals surface area (Å²) in [6.07, 6.45) is -7.33. The van der Waals surface area contributed by atoms with Gasteiger partial charge in [-0.1, -0.05) is 11.3 Å². The molecule has 0 bridgehead atoms. The first-order valence-corrected chi connectivity index (χ1v) is 10.3. The van der Waals surface area contributed by atoms with Gasteiger partial charge in [-0.2, -0.15) is 26.3 Å². The van der Waals surface area contributed by atoms with E-state index in [0.29, 0.717) is 18.1 Å². The Kier molecular flexibility index (Phi) is 10.3. The van der Waals surface area contributed by atoms with Crippen LogP contribution in [0.3, 0.4) is 0 Å². The van der Waals surface area contributed by atoms with E-state index in [1.165, 1.54) is 12.8 Å². The molecule has 16 heteroatoms. The van der Waals surface area contributed by atoms with Gasteiger partial charge in [-0.3, -0.25) is 0 Å². The Balaban J connectivity index is 0.000000324. The van der Waals surface area contributed by atoms with Crippen LogP contribution in [0.15, 0.2) is 0 Å². The summed E-state index contributed by atoms with van der Waals surface area (Å²) in [6.45, 7) is 4.98. The standard InChI is InChI=1S/C13H22N4OS.2C2HF3O2/c1-9-14-15-13(19-9)17-7-10-5-4-6-18-12(10)11(8-17)16(2)3;2*3-2(4,5)1(6)7/h10-12H,4-8H2,1-3H3;2*(H,6,7)/t10-,11+,12-;;/m0../s1. The zero-order valence-electron chi connectivity index (χ0n) is 17.9. The quantitative estimate of drug-likeness (QED) is 0.580. The minimum absolute atomic E-state index is 0.383. The first-order chi connectivity index (χ1) is 15.0. The van der Waals surface area contributed by atoms with Crippen LogP contribution in [0.2, 0.25) is 0 Å². The SMILES string of the molecule is Cc1nnc(N2C[C@@H]3CCCO[C@@H]3[C@H](N(C)C)C2)s1.O=C(O)C(F)(F)F.O=C(O)C(F)(F)F. The lowest BCUT2D eigenvalue weighted by Gasteiger charge is -2.47.